The third-order valence-electron chi connectivity index (χ3n) is 5.13. The molecule has 5 heteroatoms. The average molecular weight is 376 g/mol. The summed E-state index contributed by atoms with van der Waals surface area (Å²) in [5.74, 6) is 0. The number of alkyl halides is 1. The second-order valence-corrected chi connectivity index (χ2v) is 7.69. The highest BCUT2D eigenvalue weighted by atomic mass is 35.5. The SMILES string of the molecule is CCCN1CCCCC1CC(Cl)OC(c1ccccc1)c1cnn(C)c1. The highest BCUT2D eigenvalue weighted by Crippen LogP contribution is 2.31. The minimum absolute atomic E-state index is 0.185. The lowest BCUT2D eigenvalue weighted by molar-refractivity contribution is 0.0251. The number of ether oxygens (including phenoxy) is 1. The van der Waals surface area contributed by atoms with Gasteiger partial charge in [-0.15, -0.1) is 0 Å². The maximum atomic E-state index is 6.70. The predicted octanol–water partition coefficient (Wildman–Crippen LogP) is 4.75. The summed E-state index contributed by atoms with van der Waals surface area (Å²) in [6, 6.07) is 10.8. The Balaban J connectivity index is 1.70. The topological polar surface area (TPSA) is 30.3 Å². The molecule has 1 aliphatic heterocycles. The van der Waals surface area contributed by atoms with E-state index >= 15 is 0 Å². The van der Waals surface area contributed by atoms with Gasteiger partial charge in [0.1, 0.15) is 11.7 Å². The van der Waals surface area contributed by atoms with Crippen LogP contribution in [0.15, 0.2) is 42.7 Å². The Morgan fingerprint density at radius 2 is 2.04 bits per heavy atom. The summed E-state index contributed by atoms with van der Waals surface area (Å²) in [4.78, 5) is 2.59. The Bertz CT molecular complexity index is 658. The van der Waals surface area contributed by atoms with E-state index < -0.39 is 0 Å². The fraction of sp³-hybridized carbons (Fsp3) is 0.571. The molecule has 0 bridgehead atoms. The fourth-order valence-electron chi connectivity index (χ4n) is 3.88. The molecule has 0 N–H and O–H groups in total. The van der Waals surface area contributed by atoms with Crippen molar-refractivity contribution in [3.05, 3.63) is 53.9 Å². The largest absolute Gasteiger partial charge is 0.350 e. The number of aryl methyl sites for hydroxylation is 1. The molecule has 1 aromatic carbocycles. The lowest BCUT2D eigenvalue weighted by Gasteiger charge is -2.37. The minimum Gasteiger partial charge on any atom is -0.350 e. The van der Waals surface area contributed by atoms with E-state index in [4.69, 9.17) is 16.3 Å². The maximum absolute atomic E-state index is 6.70. The van der Waals surface area contributed by atoms with Crippen LogP contribution in [-0.2, 0) is 11.8 Å². The Morgan fingerprint density at radius 3 is 2.73 bits per heavy atom. The third-order valence-corrected chi connectivity index (χ3v) is 5.41. The molecular weight excluding hydrogens is 346 g/mol. The predicted molar refractivity (Wildman–Crippen MR) is 106 cm³/mol. The summed E-state index contributed by atoms with van der Waals surface area (Å²) >= 11 is 6.70. The lowest BCUT2D eigenvalue weighted by atomic mass is 9.99. The van der Waals surface area contributed by atoms with Crippen molar-refractivity contribution in [1.82, 2.24) is 14.7 Å². The van der Waals surface area contributed by atoms with Gasteiger partial charge in [0.05, 0.1) is 6.20 Å². The summed E-state index contributed by atoms with van der Waals surface area (Å²) in [5.41, 5.74) is 1.83. The Morgan fingerprint density at radius 1 is 1.23 bits per heavy atom. The number of halogens is 1. The first-order valence-electron chi connectivity index (χ1n) is 9.74. The zero-order valence-electron chi connectivity index (χ0n) is 15.9. The van der Waals surface area contributed by atoms with Crippen LogP contribution in [-0.4, -0.2) is 39.4 Å². The van der Waals surface area contributed by atoms with E-state index in [-0.39, 0.29) is 11.7 Å². The summed E-state index contributed by atoms with van der Waals surface area (Å²) in [6.07, 6.45) is 9.55. The minimum atomic E-state index is -0.317. The van der Waals surface area contributed by atoms with Crippen LogP contribution >= 0.6 is 11.6 Å². The molecule has 2 heterocycles. The number of rotatable bonds is 8. The van der Waals surface area contributed by atoms with Crippen molar-refractivity contribution in [3.63, 3.8) is 0 Å². The number of hydrogen-bond acceptors (Lipinski definition) is 3. The molecule has 2 aromatic rings. The maximum Gasteiger partial charge on any atom is 0.133 e. The van der Waals surface area contributed by atoms with Gasteiger partial charge >= 0.3 is 0 Å². The van der Waals surface area contributed by atoms with Crippen LogP contribution in [0, 0.1) is 0 Å². The first-order chi connectivity index (χ1) is 12.7. The highest BCUT2D eigenvalue weighted by molar-refractivity contribution is 6.19. The molecule has 4 nitrogen and oxygen atoms in total. The number of hydrogen-bond donors (Lipinski definition) is 0. The van der Waals surface area contributed by atoms with Crippen molar-refractivity contribution in [1.29, 1.82) is 0 Å². The zero-order valence-corrected chi connectivity index (χ0v) is 16.6. The van der Waals surface area contributed by atoms with E-state index in [9.17, 15) is 0 Å². The van der Waals surface area contributed by atoms with E-state index in [0.29, 0.717) is 6.04 Å². The van der Waals surface area contributed by atoms with Crippen molar-refractivity contribution in [2.45, 2.75) is 56.7 Å². The highest BCUT2D eigenvalue weighted by Gasteiger charge is 2.27. The molecule has 3 unspecified atom stereocenters. The van der Waals surface area contributed by atoms with Gasteiger partial charge in [-0.25, -0.2) is 0 Å². The van der Waals surface area contributed by atoms with Gasteiger partial charge in [-0.1, -0.05) is 55.3 Å². The van der Waals surface area contributed by atoms with E-state index in [1.807, 2.05) is 42.3 Å². The molecule has 26 heavy (non-hydrogen) atoms. The Kier molecular flexibility index (Phi) is 7.12. The first kappa shape index (κ1) is 19.4. The van der Waals surface area contributed by atoms with Crippen LogP contribution in [0.2, 0.25) is 0 Å². The molecule has 1 aliphatic rings. The lowest BCUT2D eigenvalue weighted by Crippen LogP contribution is -2.41. The molecule has 0 amide bonds. The molecule has 0 saturated carbocycles. The molecule has 0 aliphatic carbocycles. The molecule has 0 spiro atoms. The summed E-state index contributed by atoms with van der Waals surface area (Å²) in [6.45, 7) is 4.58. The molecule has 0 radical (unpaired) electrons. The number of aromatic nitrogens is 2. The van der Waals surface area contributed by atoms with Gasteiger partial charge in [-0.3, -0.25) is 4.68 Å². The third kappa shape index (κ3) is 5.09. The van der Waals surface area contributed by atoms with Gasteiger partial charge in [0, 0.05) is 31.3 Å². The monoisotopic (exact) mass is 375 g/mol. The van der Waals surface area contributed by atoms with Crippen molar-refractivity contribution in [2.75, 3.05) is 13.1 Å². The molecule has 1 aromatic heterocycles. The molecule has 142 valence electrons. The van der Waals surface area contributed by atoms with Crippen molar-refractivity contribution in [2.24, 2.45) is 7.05 Å². The quantitative estimate of drug-likeness (QED) is 0.624. The standard InChI is InChI=1S/C21H30ClN3O/c1-3-12-25-13-8-7-11-19(25)14-20(22)26-21(17-9-5-4-6-10-17)18-15-23-24(2)16-18/h4-6,9-10,15-16,19-21H,3,7-8,11-14H2,1-2H3. The second kappa shape index (κ2) is 9.54. The van der Waals surface area contributed by atoms with E-state index in [1.54, 1.807) is 0 Å². The Labute approximate surface area is 162 Å². The summed E-state index contributed by atoms with van der Waals surface area (Å²) < 4.78 is 8.16. The smallest absolute Gasteiger partial charge is 0.133 e. The molecular formula is C21H30ClN3O. The Hall–Kier alpha value is -1.36. The van der Waals surface area contributed by atoms with Crippen LogP contribution < -0.4 is 0 Å². The van der Waals surface area contributed by atoms with Crippen LogP contribution in [0.1, 0.15) is 56.3 Å². The molecule has 1 fully saturated rings. The van der Waals surface area contributed by atoms with E-state index in [2.05, 4.69) is 29.1 Å². The van der Waals surface area contributed by atoms with Crippen LogP contribution in [0.3, 0.4) is 0 Å². The first-order valence-corrected chi connectivity index (χ1v) is 10.2. The van der Waals surface area contributed by atoms with Crippen LogP contribution in [0.5, 0.6) is 0 Å². The van der Waals surface area contributed by atoms with Gasteiger partial charge in [0.15, 0.2) is 0 Å². The number of likely N-dealkylation sites (tertiary alicyclic amines) is 1. The van der Waals surface area contributed by atoms with Gasteiger partial charge in [0.25, 0.3) is 0 Å². The van der Waals surface area contributed by atoms with Crippen molar-refractivity contribution < 1.29 is 4.74 Å². The fourth-order valence-corrected chi connectivity index (χ4v) is 4.19. The molecule has 3 rings (SSSR count). The molecule has 1 saturated heterocycles. The van der Waals surface area contributed by atoms with Gasteiger partial charge in [-0.05, 0) is 37.9 Å². The second-order valence-electron chi connectivity index (χ2n) is 7.21. The van der Waals surface area contributed by atoms with Gasteiger partial charge < -0.3 is 9.64 Å². The number of nitrogens with zero attached hydrogens (tertiary/aromatic N) is 3. The van der Waals surface area contributed by atoms with Crippen molar-refractivity contribution >= 4 is 11.6 Å². The van der Waals surface area contributed by atoms with Gasteiger partial charge in [0.2, 0.25) is 0 Å². The molecule has 3 atom stereocenters. The normalized spacial score (nSPS) is 20.8. The van der Waals surface area contributed by atoms with E-state index in [1.165, 1.54) is 32.2 Å². The number of benzene rings is 1. The van der Waals surface area contributed by atoms with Crippen molar-refractivity contribution in [3.8, 4) is 0 Å². The van der Waals surface area contributed by atoms with Crippen LogP contribution in [0.4, 0.5) is 0 Å². The summed E-state index contributed by atoms with van der Waals surface area (Å²) in [7, 11) is 1.92. The summed E-state index contributed by atoms with van der Waals surface area (Å²) in [5, 5.41) is 4.31. The van der Waals surface area contributed by atoms with Crippen LogP contribution in [0.25, 0.3) is 0 Å². The zero-order chi connectivity index (χ0) is 18.4. The van der Waals surface area contributed by atoms with E-state index in [0.717, 1.165) is 24.1 Å². The number of piperidine rings is 1. The average Bonchev–Trinajstić information content (AvgIpc) is 3.08. The van der Waals surface area contributed by atoms with Gasteiger partial charge in [-0.2, -0.15) is 5.10 Å².